The lowest BCUT2D eigenvalue weighted by Crippen LogP contribution is -2.36. The van der Waals surface area contributed by atoms with Crippen molar-refractivity contribution in [2.45, 2.75) is 36.8 Å². The van der Waals surface area contributed by atoms with Crippen LogP contribution in [0.5, 0.6) is 5.75 Å². The van der Waals surface area contributed by atoms with Gasteiger partial charge in [-0.05, 0) is 54.3 Å². The molecule has 0 aliphatic rings. The van der Waals surface area contributed by atoms with Gasteiger partial charge < -0.3 is 14.7 Å². The van der Waals surface area contributed by atoms with E-state index in [1.165, 1.54) is 24.3 Å². The molecule has 0 aliphatic carbocycles. The molecule has 0 heterocycles. The summed E-state index contributed by atoms with van der Waals surface area (Å²) in [6.07, 6.45) is 0.464. The first-order valence-electron chi connectivity index (χ1n) is 11.9. The fourth-order valence-corrected chi connectivity index (χ4v) is 4.92. The van der Waals surface area contributed by atoms with Crippen molar-refractivity contribution in [1.82, 2.24) is 0 Å². The molecule has 0 saturated heterocycles. The van der Waals surface area contributed by atoms with E-state index >= 15 is 0 Å². The molecule has 7 heteroatoms. The molecule has 4 aromatic carbocycles. The van der Waals surface area contributed by atoms with Gasteiger partial charge in [-0.3, -0.25) is 4.79 Å². The van der Waals surface area contributed by atoms with Crippen LogP contribution >= 0.6 is 0 Å². The summed E-state index contributed by atoms with van der Waals surface area (Å²) in [4.78, 5) is 13.3. The molecule has 2 atom stereocenters. The Morgan fingerprint density at radius 2 is 1.35 bits per heavy atom. The van der Waals surface area contributed by atoms with Crippen molar-refractivity contribution in [3.63, 3.8) is 0 Å². The number of ether oxygens (including phenoxy) is 1. The fraction of sp³-hybridized carbons (Fsp3) is 0.167. The SMILES string of the molecule is Cc1ccc(S(=O)(=O)Oc2ccc(C(C(=O)OCc3ccccc3)C(N)Cc3ccccc3)cc2)cc1. The molecule has 190 valence electrons. The largest absolute Gasteiger partial charge is 0.460 e. The van der Waals surface area contributed by atoms with Crippen LogP contribution < -0.4 is 9.92 Å². The van der Waals surface area contributed by atoms with Gasteiger partial charge in [-0.25, -0.2) is 0 Å². The second kappa shape index (κ2) is 11.9. The zero-order valence-corrected chi connectivity index (χ0v) is 21.3. The quantitative estimate of drug-likeness (QED) is 0.232. The van der Waals surface area contributed by atoms with Crippen LogP contribution in [0.1, 0.15) is 28.2 Å². The zero-order valence-electron chi connectivity index (χ0n) is 20.5. The first kappa shape index (κ1) is 26.1. The lowest BCUT2D eigenvalue weighted by atomic mass is 9.88. The molecule has 37 heavy (non-hydrogen) atoms. The number of esters is 1. The van der Waals surface area contributed by atoms with E-state index in [1.807, 2.05) is 67.6 Å². The predicted octanol–water partition coefficient (Wildman–Crippen LogP) is 5.16. The Bertz CT molecular complexity index is 1400. The average molecular weight is 516 g/mol. The Kier molecular flexibility index (Phi) is 8.38. The molecular weight excluding hydrogens is 486 g/mol. The maximum atomic E-state index is 13.2. The lowest BCUT2D eigenvalue weighted by molar-refractivity contribution is -0.147. The Hall–Kier alpha value is -3.94. The molecule has 0 amide bonds. The van der Waals surface area contributed by atoms with Crippen LogP contribution in [0.3, 0.4) is 0 Å². The maximum absolute atomic E-state index is 13.2. The number of nitrogens with two attached hydrogens (primary N) is 1. The summed E-state index contributed by atoms with van der Waals surface area (Å²) in [5.74, 6) is -1.07. The number of benzene rings is 4. The molecule has 6 nitrogen and oxygen atoms in total. The highest BCUT2D eigenvalue weighted by molar-refractivity contribution is 7.87. The summed E-state index contributed by atoms with van der Waals surface area (Å²) in [6.45, 7) is 2.00. The number of rotatable bonds is 10. The topological polar surface area (TPSA) is 95.7 Å². The monoisotopic (exact) mass is 515 g/mol. The van der Waals surface area contributed by atoms with Crippen LogP contribution in [0, 0.1) is 6.92 Å². The van der Waals surface area contributed by atoms with E-state index in [2.05, 4.69) is 0 Å². The molecule has 0 bridgehead atoms. The average Bonchev–Trinajstić information content (AvgIpc) is 2.90. The molecule has 0 spiro atoms. The van der Waals surface area contributed by atoms with Gasteiger partial charge in [0.1, 0.15) is 17.3 Å². The minimum Gasteiger partial charge on any atom is -0.460 e. The lowest BCUT2D eigenvalue weighted by Gasteiger charge is -2.23. The van der Waals surface area contributed by atoms with Gasteiger partial charge in [-0.2, -0.15) is 8.42 Å². The number of carbonyl (C=O) groups is 1. The Morgan fingerprint density at radius 3 is 1.95 bits per heavy atom. The molecule has 0 radical (unpaired) electrons. The summed E-state index contributed by atoms with van der Waals surface area (Å²) < 4.78 is 36.3. The Morgan fingerprint density at radius 1 is 0.784 bits per heavy atom. The van der Waals surface area contributed by atoms with Crippen molar-refractivity contribution >= 4 is 16.1 Å². The number of hydrogen-bond acceptors (Lipinski definition) is 6. The first-order chi connectivity index (χ1) is 17.8. The van der Waals surface area contributed by atoms with E-state index in [4.69, 9.17) is 14.7 Å². The second-order valence-corrected chi connectivity index (χ2v) is 10.4. The number of aryl methyl sites for hydroxylation is 1. The van der Waals surface area contributed by atoms with Crippen molar-refractivity contribution in [3.05, 3.63) is 131 Å². The smallest absolute Gasteiger partial charge is 0.339 e. The highest BCUT2D eigenvalue weighted by Gasteiger charge is 2.29. The van der Waals surface area contributed by atoms with Crippen LogP contribution in [0.4, 0.5) is 0 Å². The van der Waals surface area contributed by atoms with E-state index in [9.17, 15) is 13.2 Å². The first-order valence-corrected chi connectivity index (χ1v) is 13.3. The minimum absolute atomic E-state index is 0.0643. The van der Waals surface area contributed by atoms with Gasteiger partial charge in [0.2, 0.25) is 0 Å². The standard InChI is InChI=1S/C30H29NO5S/c1-22-12-18-27(19-13-22)37(33,34)36-26-16-14-25(15-17-26)29(28(31)20-23-8-4-2-5-9-23)30(32)35-21-24-10-6-3-7-11-24/h2-19,28-29H,20-21,31H2,1H3. The fourth-order valence-electron chi connectivity index (χ4n) is 3.99. The van der Waals surface area contributed by atoms with Crippen LogP contribution in [0.25, 0.3) is 0 Å². The molecule has 0 saturated carbocycles. The highest BCUT2D eigenvalue weighted by atomic mass is 32.2. The Labute approximate surface area is 217 Å². The van der Waals surface area contributed by atoms with E-state index in [0.717, 1.165) is 16.7 Å². The third-order valence-corrected chi connectivity index (χ3v) is 7.24. The second-order valence-electron chi connectivity index (χ2n) is 8.84. The summed E-state index contributed by atoms with van der Waals surface area (Å²) in [7, 11) is -3.99. The highest BCUT2D eigenvalue weighted by Crippen LogP contribution is 2.27. The summed E-state index contributed by atoms with van der Waals surface area (Å²) in [5, 5.41) is 0. The van der Waals surface area contributed by atoms with Gasteiger partial charge in [-0.15, -0.1) is 0 Å². The minimum atomic E-state index is -3.99. The molecule has 0 aromatic heterocycles. The van der Waals surface area contributed by atoms with Crippen LogP contribution in [0.15, 0.2) is 114 Å². The van der Waals surface area contributed by atoms with Gasteiger partial charge in [0.25, 0.3) is 0 Å². The van der Waals surface area contributed by atoms with Crippen LogP contribution in [-0.4, -0.2) is 20.4 Å². The van der Waals surface area contributed by atoms with E-state index < -0.39 is 28.0 Å². The molecule has 0 aliphatic heterocycles. The van der Waals surface area contributed by atoms with Gasteiger partial charge >= 0.3 is 16.1 Å². The summed E-state index contributed by atoms with van der Waals surface area (Å²) >= 11 is 0. The van der Waals surface area contributed by atoms with Crippen molar-refractivity contribution in [1.29, 1.82) is 0 Å². The van der Waals surface area contributed by atoms with Crippen LogP contribution in [0.2, 0.25) is 0 Å². The van der Waals surface area contributed by atoms with Crippen molar-refractivity contribution in [2.75, 3.05) is 0 Å². The molecule has 4 aromatic rings. The predicted molar refractivity (Wildman–Crippen MR) is 143 cm³/mol. The van der Waals surface area contributed by atoms with Crippen LogP contribution in [-0.2, 0) is 32.7 Å². The summed E-state index contributed by atoms with van der Waals surface area (Å²) in [5.41, 5.74) is 9.98. The van der Waals surface area contributed by atoms with E-state index in [1.54, 1.807) is 24.3 Å². The maximum Gasteiger partial charge on any atom is 0.339 e. The van der Waals surface area contributed by atoms with E-state index in [0.29, 0.717) is 12.0 Å². The van der Waals surface area contributed by atoms with Gasteiger partial charge in [0.15, 0.2) is 0 Å². The molecule has 2 unspecified atom stereocenters. The van der Waals surface area contributed by atoms with E-state index in [-0.39, 0.29) is 17.3 Å². The molecule has 2 N–H and O–H groups in total. The molecular formula is C30H29NO5S. The molecule has 0 fully saturated rings. The Balaban J connectivity index is 1.54. The normalized spacial score (nSPS) is 12.9. The van der Waals surface area contributed by atoms with Gasteiger partial charge in [-0.1, -0.05) is 90.5 Å². The number of hydrogen-bond donors (Lipinski definition) is 1. The van der Waals surface area contributed by atoms with Crippen molar-refractivity contribution in [3.8, 4) is 5.75 Å². The number of carbonyl (C=O) groups excluding carboxylic acids is 1. The third-order valence-electron chi connectivity index (χ3n) is 5.98. The van der Waals surface area contributed by atoms with Crippen molar-refractivity contribution in [2.24, 2.45) is 5.73 Å². The zero-order chi connectivity index (χ0) is 26.3. The third kappa shape index (κ3) is 7.06. The molecule has 4 rings (SSSR count). The van der Waals surface area contributed by atoms with Crippen molar-refractivity contribution < 1.29 is 22.1 Å². The van der Waals surface area contributed by atoms with Gasteiger partial charge in [0, 0.05) is 6.04 Å². The summed E-state index contributed by atoms with van der Waals surface area (Å²) in [6, 6.07) is 31.3. The van der Waals surface area contributed by atoms with Gasteiger partial charge in [0.05, 0.1) is 5.92 Å².